The van der Waals surface area contributed by atoms with E-state index in [0.29, 0.717) is 16.9 Å². The van der Waals surface area contributed by atoms with E-state index in [4.69, 9.17) is 4.74 Å². The number of rotatable bonds is 4. The van der Waals surface area contributed by atoms with Crippen molar-refractivity contribution in [3.8, 4) is 5.75 Å². The Morgan fingerprint density at radius 1 is 1.10 bits per heavy atom. The predicted octanol–water partition coefficient (Wildman–Crippen LogP) is 4.12. The molecule has 2 aromatic rings. The Morgan fingerprint density at radius 2 is 1.81 bits per heavy atom. The third-order valence-electron chi connectivity index (χ3n) is 6.19. The van der Waals surface area contributed by atoms with E-state index in [-0.39, 0.29) is 35.5 Å². The average molecular weight is 479 g/mol. The minimum absolute atomic E-state index is 0.128. The number of amides is 2. The first-order valence-electron chi connectivity index (χ1n) is 10.1. The van der Waals surface area contributed by atoms with Crippen molar-refractivity contribution in [3.05, 3.63) is 75.8 Å². The van der Waals surface area contributed by atoms with Crippen LogP contribution in [0.15, 0.2) is 64.2 Å². The third kappa shape index (κ3) is 3.43. The van der Waals surface area contributed by atoms with Gasteiger partial charge in [0.25, 0.3) is 11.8 Å². The fourth-order valence-electron chi connectivity index (χ4n) is 4.76. The summed E-state index contributed by atoms with van der Waals surface area (Å²) in [5, 5.41) is 5.18. The molecule has 2 aliphatic carbocycles. The van der Waals surface area contributed by atoms with Crippen LogP contribution in [0.5, 0.6) is 5.75 Å². The summed E-state index contributed by atoms with van der Waals surface area (Å²) < 4.78 is 6.33. The summed E-state index contributed by atoms with van der Waals surface area (Å²) in [4.78, 5) is 38.2. The molecular weight excluding hydrogens is 460 g/mol. The van der Waals surface area contributed by atoms with Crippen LogP contribution in [-0.4, -0.2) is 29.0 Å². The van der Waals surface area contributed by atoms with E-state index >= 15 is 0 Å². The molecule has 0 spiro atoms. The van der Waals surface area contributed by atoms with Crippen LogP contribution in [0.2, 0.25) is 0 Å². The number of hydrazone groups is 1. The molecule has 31 heavy (non-hydrogen) atoms. The Hall–Kier alpha value is -3.06. The minimum Gasteiger partial charge on any atom is -0.422 e. The van der Waals surface area contributed by atoms with Crippen molar-refractivity contribution in [1.29, 1.82) is 0 Å². The molecule has 6 nitrogen and oxygen atoms in total. The average Bonchev–Trinajstić information content (AvgIpc) is 3.42. The van der Waals surface area contributed by atoms with E-state index in [1.54, 1.807) is 36.4 Å². The normalized spacial score (nSPS) is 26.2. The van der Waals surface area contributed by atoms with Crippen LogP contribution in [0.25, 0.3) is 0 Å². The maximum absolute atomic E-state index is 12.8. The second kappa shape index (κ2) is 7.57. The molecule has 0 N–H and O–H groups in total. The molecule has 156 valence electrons. The van der Waals surface area contributed by atoms with Gasteiger partial charge in [-0.15, -0.1) is 0 Å². The largest absolute Gasteiger partial charge is 0.422 e. The minimum atomic E-state index is -0.494. The number of allylic oxidation sites excluding steroid dienone is 2. The highest BCUT2D eigenvalue weighted by molar-refractivity contribution is 9.10. The SMILES string of the molecule is Cc1cccc(C(=O)Oc2ccc(Br)cc2C=NN2C(=O)C3C4C=CC(C4)C3C2=O)c1. The number of ether oxygens (including phenoxy) is 1. The molecule has 0 aromatic heterocycles. The van der Waals surface area contributed by atoms with Crippen LogP contribution in [0.3, 0.4) is 0 Å². The molecule has 2 bridgehead atoms. The van der Waals surface area contributed by atoms with Crippen molar-refractivity contribution in [3.63, 3.8) is 0 Å². The van der Waals surface area contributed by atoms with Crippen molar-refractivity contribution in [2.24, 2.45) is 28.8 Å². The van der Waals surface area contributed by atoms with Gasteiger partial charge >= 0.3 is 5.97 Å². The van der Waals surface area contributed by atoms with E-state index in [9.17, 15) is 14.4 Å². The number of imide groups is 1. The monoisotopic (exact) mass is 478 g/mol. The van der Waals surface area contributed by atoms with Crippen molar-refractivity contribution in [2.75, 3.05) is 0 Å². The molecular formula is C24H19BrN2O4. The van der Waals surface area contributed by atoms with Gasteiger partial charge in [-0.1, -0.05) is 45.8 Å². The first kappa shape index (κ1) is 19.9. The Kier molecular flexibility index (Phi) is 4.85. The van der Waals surface area contributed by atoms with E-state index in [1.807, 2.05) is 25.1 Å². The van der Waals surface area contributed by atoms with Gasteiger partial charge in [0, 0.05) is 10.0 Å². The Balaban J connectivity index is 1.39. The lowest BCUT2D eigenvalue weighted by molar-refractivity contribution is -0.140. The van der Waals surface area contributed by atoms with E-state index in [1.165, 1.54) is 6.21 Å². The molecule has 7 heteroatoms. The van der Waals surface area contributed by atoms with Gasteiger partial charge in [-0.3, -0.25) is 9.59 Å². The fourth-order valence-corrected chi connectivity index (χ4v) is 5.14. The summed E-state index contributed by atoms with van der Waals surface area (Å²) >= 11 is 3.40. The lowest BCUT2D eigenvalue weighted by atomic mass is 9.85. The molecule has 1 saturated heterocycles. The van der Waals surface area contributed by atoms with Gasteiger partial charge in [-0.25, -0.2) is 4.79 Å². The predicted molar refractivity (Wildman–Crippen MR) is 117 cm³/mol. The first-order chi connectivity index (χ1) is 14.9. The van der Waals surface area contributed by atoms with Gasteiger partial charge in [0.15, 0.2) is 0 Å². The van der Waals surface area contributed by atoms with Gasteiger partial charge in [0.05, 0.1) is 23.6 Å². The van der Waals surface area contributed by atoms with Crippen LogP contribution in [0.1, 0.15) is 27.9 Å². The molecule has 1 aliphatic heterocycles. The van der Waals surface area contributed by atoms with Gasteiger partial charge in [0.1, 0.15) is 5.75 Å². The summed E-state index contributed by atoms with van der Waals surface area (Å²) in [6.45, 7) is 1.90. The fraction of sp³-hybridized carbons (Fsp3) is 0.250. The second-order valence-corrected chi connectivity index (χ2v) is 9.09. The van der Waals surface area contributed by atoms with Gasteiger partial charge in [0.2, 0.25) is 0 Å². The molecule has 0 radical (unpaired) electrons. The van der Waals surface area contributed by atoms with Crippen LogP contribution in [-0.2, 0) is 9.59 Å². The highest BCUT2D eigenvalue weighted by atomic mass is 79.9. The molecule has 3 aliphatic rings. The maximum atomic E-state index is 12.8. The van der Waals surface area contributed by atoms with Crippen LogP contribution in [0.4, 0.5) is 0 Å². The van der Waals surface area contributed by atoms with Crippen LogP contribution < -0.4 is 4.74 Å². The summed E-state index contributed by atoms with van der Waals surface area (Å²) in [5.74, 6) is -1.06. The zero-order chi connectivity index (χ0) is 21.7. The van der Waals surface area contributed by atoms with Crippen molar-refractivity contribution in [1.82, 2.24) is 5.01 Å². The van der Waals surface area contributed by atoms with E-state index in [2.05, 4.69) is 21.0 Å². The molecule has 1 saturated carbocycles. The van der Waals surface area contributed by atoms with E-state index in [0.717, 1.165) is 21.5 Å². The highest BCUT2D eigenvalue weighted by Crippen LogP contribution is 2.52. The topological polar surface area (TPSA) is 76.0 Å². The van der Waals surface area contributed by atoms with Crippen LogP contribution in [0, 0.1) is 30.6 Å². The number of carbonyl (C=O) groups excluding carboxylic acids is 3. The number of nitrogens with zero attached hydrogens (tertiary/aromatic N) is 2. The van der Waals surface area contributed by atoms with E-state index < -0.39 is 5.97 Å². The Labute approximate surface area is 187 Å². The molecule has 2 amide bonds. The lowest BCUT2D eigenvalue weighted by Gasteiger charge is -2.13. The maximum Gasteiger partial charge on any atom is 0.343 e. The zero-order valence-corrected chi connectivity index (χ0v) is 18.3. The summed E-state index contributed by atoms with van der Waals surface area (Å²) in [5.41, 5.74) is 1.87. The smallest absolute Gasteiger partial charge is 0.343 e. The molecule has 4 atom stereocenters. The second-order valence-electron chi connectivity index (χ2n) is 8.17. The number of benzene rings is 2. The number of esters is 1. The highest BCUT2D eigenvalue weighted by Gasteiger charge is 2.59. The number of aryl methyl sites for hydroxylation is 1. The number of carbonyl (C=O) groups is 3. The van der Waals surface area contributed by atoms with Gasteiger partial charge < -0.3 is 4.74 Å². The Morgan fingerprint density at radius 3 is 2.48 bits per heavy atom. The third-order valence-corrected chi connectivity index (χ3v) is 6.68. The molecule has 2 aromatic carbocycles. The molecule has 1 heterocycles. The zero-order valence-electron chi connectivity index (χ0n) is 16.7. The molecule has 4 unspecified atom stereocenters. The standard InChI is InChI=1S/C24H19BrN2O4/c1-13-3-2-4-16(9-13)24(30)31-19-8-7-18(25)11-17(19)12-26-27-22(28)20-14-5-6-15(10-14)21(20)23(27)29/h2-9,11-12,14-15,20-21H,10H2,1H3. The van der Waals surface area contributed by atoms with Gasteiger partial charge in [-0.05, 0) is 55.5 Å². The van der Waals surface area contributed by atoms with Crippen molar-refractivity contribution in [2.45, 2.75) is 13.3 Å². The quantitative estimate of drug-likeness (QED) is 0.218. The molecule has 2 fully saturated rings. The number of hydrogen-bond acceptors (Lipinski definition) is 5. The lowest BCUT2D eigenvalue weighted by Crippen LogP contribution is -2.28. The summed E-state index contributed by atoms with van der Waals surface area (Å²) in [6, 6.07) is 12.2. The number of hydrogen-bond donors (Lipinski definition) is 0. The summed E-state index contributed by atoms with van der Waals surface area (Å²) in [6.07, 6.45) is 6.35. The number of fused-ring (bicyclic) bond motifs is 5. The van der Waals surface area contributed by atoms with Crippen molar-refractivity contribution >= 4 is 39.9 Å². The molecule has 5 rings (SSSR count). The van der Waals surface area contributed by atoms with Gasteiger partial charge in [-0.2, -0.15) is 10.1 Å². The van der Waals surface area contributed by atoms with Crippen molar-refractivity contribution < 1.29 is 19.1 Å². The van der Waals surface area contributed by atoms with Crippen LogP contribution >= 0.6 is 15.9 Å². The Bertz CT molecular complexity index is 1140. The first-order valence-corrected chi connectivity index (χ1v) is 10.9. The number of halogens is 1. The summed E-state index contributed by atoms with van der Waals surface area (Å²) in [7, 11) is 0.